The third-order valence-electron chi connectivity index (χ3n) is 4.10. The molecule has 2 heterocycles. The van der Waals surface area contributed by atoms with Crippen LogP contribution in [0.4, 0.5) is 0 Å². The number of carbonyl (C=O) groups is 2. The minimum absolute atomic E-state index is 0.257. The molecule has 23 heavy (non-hydrogen) atoms. The van der Waals surface area contributed by atoms with E-state index in [2.05, 4.69) is 10.3 Å². The van der Waals surface area contributed by atoms with E-state index in [1.165, 1.54) is 11.3 Å². The Hall–Kier alpha value is -2.15. The minimum atomic E-state index is -0.847. The van der Waals surface area contributed by atoms with Crippen LogP contribution in [0.15, 0.2) is 16.5 Å². The quantitative estimate of drug-likeness (QED) is 0.896. The molecule has 0 bridgehead atoms. The average Bonchev–Trinajstić information content (AvgIpc) is 3.18. The molecule has 0 aliphatic heterocycles. The number of carboxylic acids is 1. The van der Waals surface area contributed by atoms with Gasteiger partial charge >= 0.3 is 5.97 Å². The number of hydrogen-bond acceptors (Lipinski definition) is 5. The maximum atomic E-state index is 12.5. The number of carbonyl (C=O) groups excluding carboxylic acids is 1. The maximum Gasteiger partial charge on any atom is 0.308 e. The van der Waals surface area contributed by atoms with Crippen LogP contribution >= 0.6 is 11.3 Å². The summed E-state index contributed by atoms with van der Waals surface area (Å²) in [5.41, 5.74) is 0.626. The van der Waals surface area contributed by atoms with Crippen LogP contribution in [0.25, 0.3) is 10.8 Å². The second-order valence-electron chi connectivity index (χ2n) is 5.80. The van der Waals surface area contributed by atoms with Gasteiger partial charge in [0.2, 0.25) is 0 Å². The number of carboxylic acid groups (broad SMARTS) is 1. The number of furan rings is 1. The van der Waals surface area contributed by atoms with Gasteiger partial charge in [-0.05, 0) is 38.8 Å². The predicted octanol–water partition coefficient (Wildman–Crippen LogP) is 3.00. The molecule has 2 aromatic heterocycles. The molecule has 0 aromatic carbocycles. The molecule has 2 atom stereocenters. The highest BCUT2D eigenvalue weighted by Crippen LogP contribution is 2.30. The van der Waals surface area contributed by atoms with E-state index in [-0.39, 0.29) is 11.9 Å². The van der Waals surface area contributed by atoms with E-state index in [1.54, 1.807) is 6.92 Å². The predicted molar refractivity (Wildman–Crippen MR) is 85.5 cm³/mol. The number of aromatic nitrogens is 1. The van der Waals surface area contributed by atoms with E-state index in [1.807, 2.05) is 19.1 Å². The first-order chi connectivity index (χ1) is 11.0. The number of rotatable bonds is 4. The molecule has 122 valence electrons. The Morgan fingerprint density at radius 2 is 2.13 bits per heavy atom. The zero-order valence-corrected chi connectivity index (χ0v) is 13.8. The molecular formula is C16H18N2O4S. The molecule has 7 heteroatoms. The standard InChI is InChI=1S/C16H18N2O4S/c1-8-6-7-12(22-8)15-17-9(2)13(23-15)14(19)18-11-5-3-4-10(11)16(20)21/h6-7,10-11H,3-5H2,1-2H3,(H,18,19)(H,20,21)/t10-,11+/m0/s1. The second kappa shape index (κ2) is 6.16. The summed E-state index contributed by atoms with van der Waals surface area (Å²) in [6.07, 6.45) is 2.13. The SMILES string of the molecule is Cc1ccc(-c2nc(C)c(C(=O)N[C@@H]3CCC[C@@H]3C(=O)O)s2)o1. The Morgan fingerprint density at radius 3 is 2.78 bits per heavy atom. The topological polar surface area (TPSA) is 92.4 Å². The van der Waals surface area contributed by atoms with Crippen molar-refractivity contribution in [3.05, 3.63) is 28.5 Å². The van der Waals surface area contributed by atoms with Crippen LogP contribution in [-0.2, 0) is 4.79 Å². The molecule has 1 aliphatic carbocycles. The highest BCUT2D eigenvalue weighted by molar-refractivity contribution is 7.17. The fourth-order valence-electron chi connectivity index (χ4n) is 2.92. The van der Waals surface area contributed by atoms with Gasteiger partial charge in [-0.3, -0.25) is 9.59 Å². The lowest BCUT2D eigenvalue weighted by atomic mass is 10.0. The fraction of sp³-hybridized carbons (Fsp3) is 0.438. The van der Waals surface area contributed by atoms with Crippen LogP contribution in [-0.4, -0.2) is 28.0 Å². The van der Waals surface area contributed by atoms with Crippen molar-refractivity contribution in [2.45, 2.75) is 39.2 Å². The summed E-state index contributed by atoms with van der Waals surface area (Å²) in [6, 6.07) is 3.37. The molecule has 1 aliphatic rings. The summed E-state index contributed by atoms with van der Waals surface area (Å²) < 4.78 is 5.54. The van der Waals surface area contributed by atoms with E-state index < -0.39 is 11.9 Å². The van der Waals surface area contributed by atoms with Crippen LogP contribution in [0.2, 0.25) is 0 Å². The largest absolute Gasteiger partial charge is 0.481 e. The van der Waals surface area contributed by atoms with Crippen molar-refractivity contribution in [3.63, 3.8) is 0 Å². The van der Waals surface area contributed by atoms with Gasteiger partial charge in [0.25, 0.3) is 5.91 Å². The van der Waals surface area contributed by atoms with Gasteiger partial charge in [-0.1, -0.05) is 6.42 Å². The fourth-order valence-corrected chi connectivity index (χ4v) is 3.86. The Labute approximate surface area is 137 Å². The molecule has 3 rings (SSSR count). The number of hydrogen-bond donors (Lipinski definition) is 2. The summed E-state index contributed by atoms with van der Waals surface area (Å²) in [7, 11) is 0. The van der Waals surface area contributed by atoms with E-state index in [9.17, 15) is 14.7 Å². The zero-order valence-electron chi connectivity index (χ0n) is 13.0. The van der Waals surface area contributed by atoms with Crippen LogP contribution in [0.1, 0.15) is 40.4 Å². The monoisotopic (exact) mass is 334 g/mol. The van der Waals surface area contributed by atoms with Crippen LogP contribution < -0.4 is 5.32 Å². The third-order valence-corrected chi connectivity index (χ3v) is 5.27. The lowest BCUT2D eigenvalue weighted by Gasteiger charge is -2.17. The summed E-state index contributed by atoms with van der Waals surface area (Å²) in [6.45, 7) is 3.62. The number of aryl methyl sites for hydroxylation is 2. The van der Waals surface area contributed by atoms with Crippen LogP contribution in [0, 0.1) is 19.8 Å². The van der Waals surface area contributed by atoms with E-state index in [4.69, 9.17) is 4.42 Å². The minimum Gasteiger partial charge on any atom is -0.481 e. The molecule has 1 amide bonds. The first kappa shape index (κ1) is 15.7. The van der Waals surface area contributed by atoms with Gasteiger partial charge in [-0.15, -0.1) is 11.3 Å². The Kier molecular flexibility index (Phi) is 4.21. The van der Waals surface area contributed by atoms with E-state index >= 15 is 0 Å². The van der Waals surface area contributed by atoms with Crippen molar-refractivity contribution < 1.29 is 19.1 Å². The van der Waals surface area contributed by atoms with E-state index in [0.29, 0.717) is 34.2 Å². The maximum absolute atomic E-state index is 12.5. The van der Waals surface area contributed by atoms with Crippen molar-refractivity contribution in [1.82, 2.24) is 10.3 Å². The van der Waals surface area contributed by atoms with Gasteiger partial charge in [0.05, 0.1) is 11.6 Å². The summed E-state index contributed by atoms with van der Waals surface area (Å²) in [5, 5.41) is 12.7. The lowest BCUT2D eigenvalue weighted by molar-refractivity contribution is -0.142. The number of nitrogens with zero attached hydrogens (tertiary/aromatic N) is 1. The second-order valence-corrected chi connectivity index (χ2v) is 6.80. The van der Waals surface area contributed by atoms with Gasteiger partial charge in [0, 0.05) is 6.04 Å². The lowest BCUT2D eigenvalue weighted by Crippen LogP contribution is -2.40. The number of nitrogens with one attached hydrogen (secondary N) is 1. The summed E-state index contributed by atoms with van der Waals surface area (Å²) in [4.78, 5) is 28.6. The molecule has 2 N–H and O–H groups in total. The third kappa shape index (κ3) is 3.14. The van der Waals surface area contributed by atoms with Crippen molar-refractivity contribution in [3.8, 4) is 10.8 Å². The van der Waals surface area contributed by atoms with Crippen molar-refractivity contribution in [2.24, 2.45) is 5.92 Å². The molecule has 1 saturated carbocycles. The first-order valence-electron chi connectivity index (χ1n) is 7.53. The number of thiazole rings is 1. The normalized spacial score (nSPS) is 20.6. The van der Waals surface area contributed by atoms with Crippen molar-refractivity contribution in [1.29, 1.82) is 0 Å². The van der Waals surface area contributed by atoms with Gasteiger partial charge in [0.1, 0.15) is 10.6 Å². The van der Waals surface area contributed by atoms with Gasteiger partial charge in [-0.2, -0.15) is 0 Å². The average molecular weight is 334 g/mol. The smallest absolute Gasteiger partial charge is 0.308 e. The molecular weight excluding hydrogens is 316 g/mol. The zero-order chi connectivity index (χ0) is 16.6. The summed E-state index contributed by atoms with van der Waals surface area (Å²) in [5.74, 6) is -0.180. The Balaban J connectivity index is 1.78. The Bertz CT molecular complexity index is 749. The molecule has 0 unspecified atom stereocenters. The molecule has 6 nitrogen and oxygen atoms in total. The molecule has 0 radical (unpaired) electrons. The van der Waals surface area contributed by atoms with Gasteiger partial charge < -0.3 is 14.8 Å². The molecule has 1 fully saturated rings. The Morgan fingerprint density at radius 1 is 1.35 bits per heavy atom. The highest BCUT2D eigenvalue weighted by Gasteiger charge is 2.34. The molecule has 0 spiro atoms. The van der Waals surface area contributed by atoms with Crippen molar-refractivity contribution in [2.75, 3.05) is 0 Å². The first-order valence-corrected chi connectivity index (χ1v) is 8.35. The van der Waals surface area contributed by atoms with E-state index in [0.717, 1.165) is 12.2 Å². The van der Waals surface area contributed by atoms with Gasteiger partial charge in [0.15, 0.2) is 10.8 Å². The van der Waals surface area contributed by atoms with Crippen molar-refractivity contribution >= 4 is 23.2 Å². The highest BCUT2D eigenvalue weighted by atomic mass is 32.1. The van der Waals surface area contributed by atoms with Crippen LogP contribution in [0.3, 0.4) is 0 Å². The molecule has 2 aromatic rings. The number of aliphatic carboxylic acids is 1. The molecule has 0 saturated heterocycles. The van der Waals surface area contributed by atoms with Crippen LogP contribution in [0.5, 0.6) is 0 Å². The summed E-state index contributed by atoms with van der Waals surface area (Å²) >= 11 is 1.26. The number of amides is 1. The van der Waals surface area contributed by atoms with Gasteiger partial charge in [-0.25, -0.2) is 4.98 Å².